The van der Waals surface area contributed by atoms with E-state index in [2.05, 4.69) is 25.9 Å². The van der Waals surface area contributed by atoms with Crippen molar-refractivity contribution < 1.29 is 13.2 Å². The molecule has 2 aromatic rings. The standard InChI is InChI=1S/C12H8BrF3N2/c13-6-10-9(8-2-1-5-17-7-8)3-4-11(18-10)12(14,15)16/h1-5,7H,6H2. The number of nitrogens with zero attached hydrogens (tertiary/aromatic N) is 2. The van der Waals surface area contributed by atoms with Crippen LogP contribution in [0.1, 0.15) is 11.4 Å². The fraction of sp³-hybridized carbons (Fsp3) is 0.167. The number of halogens is 4. The second kappa shape index (κ2) is 5.06. The molecule has 0 aliphatic heterocycles. The Balaban J connectivity index is 2.51. The van der Waals surface area contributed by atoms with Crippen molar-refractivity contribution in [3.8, 4) is 11.1 Å². The highest BCUT2D eigenvalue weighted by molar-refractivity contribution is 9.08. The molecule has 94 valence electrons. The lowest BCUT2D eigenvalue weighted by Gasteiger charge is -2.11. The van der Waals surface area contributed by atoms with Crippen molar-refractivity contribution in [1.82, 2.24) is 9.97 Å². The maximum absolute atomic E-state index is 12.5. The van der Waals surface area contributed by atoms with Gasteiger partial charge in [-0.1, -0.05) is 28.1 Å². The van der Waals surface area contributed by atoms with Crippen LogP contribution < -0.4 is 0 Å². The highest BCUT2D eigenvalue weighted by atomic mass is 79.9. The van der Waals surface area contributed by atoms with E-state index in [0.29, 0.717) is 11.3 Å². The monoisotopic (exact) mass is 316 g/mol. The molecular formula is C12H8BrF3N2. The SMILES string of the molecule is FC(F)(F)c1ccc(-c2cccnc2)c(CBr)n1. The third-order valence-electron chi connectivity index (χ3n) is 2.36. The fourth-order valence-electron chi connectivity index (χ4n) is 1.55. The second-order valence-electron chi connectivity index (χ2n) is 3.56. The molecule has 0 atom stereocenters. The van der Waals surface area contributed by atoms with Gasteiger partial charge in [0.25, 0.3) is 0 Å². The van der Waals surface area contributed by atoms with Gasteiger partial charge in [-0.2, -0.15) is 13.2 Å². The molecule has 0 aliphatic carbocycles. The van der Waals surface area contributed by atoms with Crippen LogP contribution in [0.3, 0.4) is 0 Å². The Kier molecular flexibility index (Phi) is 3.65. The van der Waals surface area contributed by atoms with Crippen molar-refractivity contribution in [2.45, 2.75) is 11.5 Å². The smallest absolute Gasteiger partial charge is 0.264 e. The number of hydrogen-bond donors (Lipinski definition) is 0. The van der Waals surface area contributed by atoms with E-state index in [4.69, 9.17) is 0 Å². The Labute approximate surface area is 110 Å². The van der Waals surface area contributed by atoms with Crippen LogP contribution in [0.4, 0.5) is 13.2 Å². The lowest BCUT2D eigenvalue weighted by molar-refractivity contribution is -0.141. The molecule has 0 saturated heterocycles. The minimum atomic E-state index is -4.43. The maximum Gasteiger partial charge on any atom is 0.433 e. The highest BCUT2D eigenvalue weighted by Crippen LogP contribution is 2.31. The van der Waals surface area contributed by atoms with E-state index >= 15 is 0 Å². The predicted octanol–water partition coefficient (Wildman–Crippen LogP) is 4.06. The molecule has 0 spiro atoms. The molecule has 0 aliphatic rings. The molecule has 0 amide bonds. The lowest BCUT2D eigenvalue weighted by atomic mass is 10.1. The third kappa shape index (κ3) is 2.69. The van der Waals surface area contributed by atoms with Crippen molar-refractivity contribution in [1.29, 1.82) is 0 Å². The largest absolute Gasteiger partial charge is 0.433 e. The first-order valence-electron chi connectivity index (χ1n) is 5.06. The van der Waals surface area contributed by atoms with Crippen LogP contribution in [-0.2, 0) is 11.5 Å². The minimum Gasteiger partial charge on any atom is -0.264 e. The summed E-state index contributed by atoms with van der Waals surface area (Å²) >= 11 is 3.16. The Morgan fingerprint density at radius 2 is 1.94 bits per heavy atom. The average molecular weight is 317 g/mol. The van der Waals surface area contributed by atoms with E-state index in [9.17, 15) is 13.2 Å². The van der Waals surface area contributed by atoms with Gasteiger partial charge in [0, 0.05) is 28.9 Å². The molecular weight excluding hydrogens is 309 g/mol. The second-order valence-corrected chi connectivity index (χ2v) is 4.12. The average Bonchev–Trinajstić information content (AvgIpc) is 2.38. The number of aromatic nitrogens is 2. The number of alkyl halides is 4. The highest BCUT2D eigenvalue weighted by Gasteiger charge is 2.32. The quantitative estimate of drug-likeness (QED) is 0.781. The summed E-state index contributed by atoms with van der Waals surface area (Å²) in [6.07, 6.45) is -1.23. The van der Waals surface area contributed by atoms with Crippen LogP contribution in [0, 0.1) is 0 Å². The Hall–Kier alpha value is -1.43. The number of pyridine rings is 2. The number of rotatable bonds is 2. The van der Waals surface area contributed by atoms with Gasteiger partial charge in [-0.05, 0) is 12.1 Å². The fourth-order valence-corrected chi connectivity index (χ4v) is 1.97. The summed E-state index contributed by atoms with van der Waals surface area (Å²) in [5.74, 6) is 0. The van der Waals surface area contributed by atoms with E-state index in [-0.39, 0.29) is 5.33 Å². The topological polar surface area (TPSA) is 25.8 Å². The van der Waals surface area contributed by atoms with Crippen LogP contribution in [-0.4, -0.2) is 9.97 Å². The van der Waals surface area contributed by atoms with Crippen LogP contribution in [0.25, 0.3) is 11.1 Å². The van der Waals surface area contributed by atoms with E-state index in [1.165, 1.54) is 6.07 Å². The van der Waals surface area contributed by atoms with Gasteiger partial charge < -0.3 is 0 Å². The molecule has 2 rings (SSSR count). The molecule has 0 fully saturated rings. The summed E-state index contributed by atoms with van der Waals surface area (Å²) in [5, 5.41) is 0.251. The molecule has 0 N–H and O–H groups in total. The zero-order valence-electron chi connectivity index (χ0n) is 9.08. The lowest BCUT2D eigenvalue weighted by Crippen LogP contribution is -2.09. The van der Waals surface area contributed by atoms with E-state index in [1.807, 2.05) is 0 Å². The van der Waals surface area contributed by atoms with Crippen molar-refractivity contribution in [3.05, 3.63) is 48.0 Å². The zero-order valence-corrected chi connectivity index (χ0v) is 10.7. The van der Waals surface area contributed by atoms with Crippen LogP contribution in [0.2, 0.25) is 0 Å². The summed E-state index contributed by atoms with van der Waals surface area (Å²) < 4.78 is 37.6. The van der Waals surface area contributed by atoms with E-state index in [1.54, 1.807) is 24.5 Å². The van der Waals surface area contributed by atoms with Gasteiger partial charge in [0.1, 0.15) is 5.69 Å². The van der Waals surface area contributed by atoms with Gasteiger partial charge in [0.2, 0.25) is 0 Å². The van der Waals surface area contributed by atoms with Crippen molar-refractivity contribution >= 4 is 15.9 Å². The first kappa shape index (κ1) is 13.0. The molecule has 0 aromatic carbocycles. The predicted molar refractivity (Wildman–Crippen MR) is 65.1 cm³/mol. The molecule has 0 radical (unpaired) electrons. The van der Waals surface area contributed by atoms with E-state index < -0.39 is 11.9 Å². The van der Waals surface area contributed by atoms with Crippen molar-refractivity contribution in [2.75, 3.05) is 0 Å². The van der Waals surface area contributed by atoms with Gasteiger partial charge in [-0.3, -0.25) is 4.98 Å². The molecule has 0 bridgehead atoms. The summed E-state index contributed by atoms with van der Waals surface area (Å²) in [6.45, 7) is 0. The van der Waals surface area contributed by atoms with Gasteiger partial charge in [0.05, 0.1) is 5.69 Å². The summed E-state index contributed by atoms with van der Waals surface area (Å²) in [7, 11) is 0. The maximum atomic E-state index is 12.5. The minimum absolute atomic E-state index is 0.251. The molecule has 0 saturated carbocycles. The summed E-state index contributed by atoms with van der Waals surface area (Å²) in [5.41, 5.74) is 0.851. The molecule has 18 heavy (non-hydrogen) atoms. The Bertz CT molecular complexity index is 541. The van der Waals surface area contributed by atoms with Crippen molar-refractivity contribution in [2.24, 2.45) is 0 Å². The molecule has 2 nitrogen and oxygen atoms in total. The molecule has 2 aromatic heterocycles. The van der Waals surface area contributed by atoms with Gasteiger partial charge in [-0.25, -0.2) is 4.98 Å². The first-order chi connectivity index (χ1) is 8.52. The van der Waals surface area contributed by atoms with Gasteiger partial charge >= 0.3 is 6.18 Å². The Morgan fingerprint density at radius 3 is 2.50 bits per heavy atom. The third-order valence-corrected chi connectivity index (χ3v) is 2.89. The van der Waals surface area contributed by atoms with E-state index in [0.717, 1.165) is 11.6 Å². The first-order valence-corrected chi connectivity index (χ1v) is 6.18. The Morgan fingerprint density at radius 1 is 1.17 bits per heavy atom. The molecule has 0 unspecified atom stereocenters. The van der Waals surface area contributed by atoms with Crippen LogP contribution >= 0.6 is 15.9 Å². The van der Waals surface area contributed by atoms with Crippen LogP contribution in [0.5, 0.6) is 0 Å². The van der Waals surface area contributed by atoms with Crippen LogP contribution in [0.15, 0.2) is 36.7 Å². The summed E-state index contributed by atoms with van der Waals surface area (Å²) in [6, 6.07) is 5.91. The number of hydrogen-bond acceptors (Lipinski definition) is 2. The van der Waals surface area contributed by atoms with Crippen molar-refractivity contribution in [3.63, 3.8) is 0 Å². The summed E-state index contributed by atoms with van der Waals surface area (Å²) in [4.78, 5) is 7.58. The zero-order chi connectivity index (χ0) is 13.2. The normalized spacial score (nSPS) is 11.6. The van der Waals surface area contributed by atoms with Gasteiger partial charge in [0.15, 0.2) is 0 Å². The molecule has 2 heterocycles. The van der Waals surface area contributed by atoms with Gasteiger partial charge in [-0.15, -0.1) is 0 Å². The molecule has 6 heteroatoms.